The van der Waals surface area contributed by atoms with Crippen molar-refractivity contribution in [2.24, 2.45) is 5.92 Å². The molecule has 8 heteroatoms. The van der Waals surface area contributed by atoms with Crippen LogP contribution < -0.4 is 5.32 Å². The summed E-state index contributed by atoms with van der Waals surface area (Å²) in [7, 11) is 0. The average Bonchev–Trinajstić information content (AvgIpc) is 2.85. The molecule has 0 unspecified atom stereocenters. The molecular weight excluding hydrogens is 361 g/mol. The third-order valence-electron chi connectivity index (χ3n) is 3.58. The lowest BCUT2D eigenvalue weighted by Crippen LogP contribution is -2.28. The van der Waals surface area contributed by atoms with Crippen molar-refractivity contribution >= 4 is 23.5 Å². The summed E-state index contributed by atoms with van der Waals surface area (Å²) in [4.78, 5) is 24.0. The molecule has 2 aromatic rings. The van der Waals surface area contributed by atoms with Gasteiger partial charge in [0.1, 0.15) is 16.5 Å². The molecule has 0 aliphatic heterocycles. The number of ether oxygens (including phenoxy) is 1. The maximum Gasteiger partial charge on any atom is 0.343 e. The van der Waals surface area contributed by atoms with Crippen LogP contribution in [0.25, 0.3) is 0 Å². The lowest BCUT2D eigenvalue weighted by atomic mass is 10.2. The molecule has 0 saturated carbocycles. The summed E-state index contributed by atoms with van der Waals surface area (Å²) in [5.74, 6) is -1.36. The van der Waals surface area contributed by atoms with Crippen LogP contribution in [-0.2, 0) is 22.6 Å². The number of aromatic nitrogens is 2. The van der Waals surface area contributed by atoms with Crippen LogP contribution in [0.3, 0.4) is 0 Å². The Morgan fingerprint density at radius 1 is 1.35 bits per heavy atom. The Bertz CT molecular complexity index is 805. The van der Waals surface area contributed by atoms with Crippen molar-refractivity contribution in [3.63, 3.8) is 0 Å². The zero-order chi connectivity index (χ0) is 19.3. The number of nitrogens with one attached hydrogen (secondary N) is 1. The van der Waals surface area contributed by atoms with Crippen LogP contribution >= 0.6 is 11.6 Å². The van der Waals surface area contributed by atoms with Crippen LogP contribution in [0, 0.1) is 18.7 Å². The number of halogens is 2. The number of nitrogens with zero attached hydrogens (tertiary/aromatic N) is 2. The first-order valence-corrected chi connectivity index (χ1v) is 8.57. The first-order chi connectivity index (χ1) is 12.3. The monoisotopic (exact) mass is 381 g/mol. The maximum atomic E-state index is 13.5. The third-order valence-corrected chi connectivity index (χ3v) is 3.96. The average molecular weight is 382 g/mol. The van der Waals surface area contributed by atoms with Crippen molar-refractivity contribution in [1.82, 2.24) is 15.1 Å². The first kappa shape index (κ1) is 19.9. The second kappa shape index (κ2) is 8.80. The van der Waals surface area contributed by atoms with E-state index in [9.17, 15) is 14.0 Å². The molecule has 1 heterocycles. The van der Waals surface area contributed by atoms with Gasteiger partial charge in [0.25, 0.3) is 5.91 Å². The molecule has 26 heavy (non-hydrogen) atoms. The first-order valence-electron chi connectivity index (χ1n) is 8.19. The zero-order valence-electron chi connectivity index (χ0n) is 14.9. The number of carbonyl (C=O) groups excluding carboxylic acids is 2. The fourth-order valence-corrected chi connectivity index (χ4v) is 2.66. The summed E-state index contributed by atoms with van der Waals surface area (Å²) in [5.41, 5.74) is 0.933. The SMILES string of the molecule is Cc1nn(CC(C)C)c(Cl)c1C(=O)OCC(=O)NCc1ccccc1F. The number of aryl methyl sites for hydroxylation is 1. The van der Waals surface area contributed by atoms with Gasteiger partial charge in [-0.15, -0.1) is 0 Å². The Kier molecular flexibility index (Phi) is 6.74. The van der Waals surface area contributed by atoms with Crippen LogP contribution in [0.2, 0.25) is 5.15 Å². The topological polar surface area (TPSA) is 73.2 Å². The van der Waals surface area contributed by atoms with Crippen LogP contribution in [0.15, 0.2) is 24.3 Å². The molecule has 1 N–H and O–H groups in total. The van der Waals surface area contributed by atoms with Gasteiger partial charge in [-0.1, -0.05) is 43.6 Å². The van der Waals surface area contributed by atoms with E-state index in [-0.39, 0.29) is 17.3 Å². The number of benzene rings is 1. The predicted molar refractivity (Wildman–Crippen MR) is 95.3 cm³/mol. The number of esters is 1. The lowest BCUT2D eigenvalue weighted by Gasteiger charge is -2.08. The van der Waals surface area contributed by atoms with Gasteiger partial charge in [-0.2, -0.15) is 5.10 Å². The number of hydrogen-bond acceptors (Lipinski definition) is 4. The molecule has 0 bridgehead atoms. The standard InChI is InChI=1S/C18H21ClFN3O3/c1-11(2)9-23-17(19)16(12(3)22-23)18(25)26-10-15(24)21-8-13-6-4-5-7-14(13)20/h4-7,11H,8-10H2,1-3H3,(H,21,24). The summed E-state index contributed by atoms with van der Waals surface area (Å²) in [6.07, 6.45) is 0. The van der Waals surface area contributed by atoms with Crippen LogP contribution in [-0.4, -0.2) is 28.3 Å². The molecular formula is C18H21ClFN3O3. The van der Waals surface area contributed by atoms with Gasteiger partial charge in [-0.25, -0.2) is 9.18 Å². The van der Waals surface area contributed by atoms with E-state index in [1.54, 1.807) is 25.1 Å². The van der Waals surface area contributed by atoms with Crippen LogP contribution in [0.4, 0.5) is 4.39 Å². The van der Waals surface area contributed by atoms with E-state index >= 15 is 0 Å². The lowest BCUT2D eigenvalue weighted by molar-refractivity contribution is -0.124. The highest BCUT2D eigenvalue weighted by molar-refractivity contribution is 6.32. The van der Waals surface area contributed by atoms with Crippen LogP contribution in [0.5, 0.6) is 0 Å². The highest BCUT2D eigenvalue weighted by atomic mass is 35.5. The normalized spacial score (nSPS) is 10.8. The molecule has 0 aliphatic rings. The Labute approximate surface area is 156 Å². The Morgan fingerprint density at radius 2 is 2.04 bits per heavy atom. The molecule has 0 saturated heterocycles. The summed E-state index contributed by atoms with van der Waals surface area (Å²) >= 11 is 6.20. The largest absolute Gasteiger partial charge is 0.452 e. The molecule has 1 aromatic heterocycles. The van der Waals surface area contributed by atoms with Gasteiger partial charge in [0.2, 0.25) is 0 Å². The van der Waals surface area contributed by atoms with Gasteiger partial charge >= 0.3 is 5.97 Å². The maximum absolute atomic E-state index is 13.5. The summed E-state index contributed by atoms with van der Waals surface area (Å²) in [6, 6.07) is 6.10. The number of hydrogen-bond donors (Lipinski definition) is 1. The molecule has 0 radical (unpaired) electrons. The zero-order valence-corrected chi connectivity index (χ0v) is 15.6. The van der Waals surface area contributed by atoms with Gasteiger partial charge in [0.15, 0.2) is 6.61 Å². The molecule has 140 valence electrons. The van der Waals surface area contributed by atoms with Gasteiger partial charge in [0.05, 0.1) is 5.69 Å². The molecule has 2 rings (SSSR count). The minimum absolute atomic E-state index is 0.00909. The predicted octanol–water partition coefficient (Wildman–Crippen LogP) is 3.11. The van der Waals surface area contributed by atoms with E-state index < -0.39 is 24.3 Å². The van der Waals surface area contributed by atoms with Crippen molar-refractivity contribution in [2.75, 3.05) is 6.61 Å². The smallest absolute Gasteiger partial charge is 0.343 e. The van der Waals surface area contributed by atoms with E-state index in [1.807, 2.05) is 13.8 Å². The van der Waals surface area contributed by atoms with Gasteiger partial charge in [-0.05, 0) is 18.9 Å². The summed E-state index contributed by atoms with van der Waals surface area (Å²) in [6.45, 7) is 5.75. The highest BCUT2D eigenvalue weighted by Gasteiger charge is 2.22. The molecule has 0 aliphatic carbocycles. The van der Waals surface area contributed by atoms with E-state index in [4.69, 9.17) is 16.3 Å². The van der Waals surface area contributed by atoms with Crippen molar-refractivity contribution in [3.05, 3.63) is 52.1 Å². The van der Waals surface area contributed by atoms with Crippen molar-refractivity contribution < 1.29 is 18.7 Å². The molecule has 0 atom stereocenters. The number of rotatable bonds is 7. The minimum Gasteiger partial charge on any atom is -0.452 e. The van der Waals surface area contributed by atoms with Gasteiger partial charge < -0.3 is 10.1 Å². The van der Waals surface area contributed by atoms with Gasteiger partial charge in [-0.3, -0.25) is 9.48 Å². The fourth-order valence-electron chi connectivity index (χ4n) is 2.34. The van der Waals surface area contributed by atoms with Gasteiger partial charge in [0, 0.05) is 18.7 Å². The quantitative estimate of drug-likeness (QED) is 0.748. The number of carbonyl (C=O) groups is 2. The van der Waals surface area contributed by atoms with E-state index in [1.165, 1.54) is 10.7 Å². The van der Waals surface area contributed by atoms with Crippen molar-refractivity contribution in [3.8, 4) is 0 Å². The Balaban J connectivity index is 1.91. The molecule has 1 aromatic carbocycles. The van der Waals surface area contributed by atoms with E-state index in [2.05, 4.69) is 10.4 Å². The third kappa shape index (κ3) is 5.05. The Hall–Kier alpha value is -2.41. The minimum atomic E-state index is -0.719. The summed E-state index contributed by atoms with van der Waals surface area (Å²) < 4.78 is 20.0. The van der Waals surface area contributed by atoms with Crippen molar-refractivity contribution in [1.29, 1.82) is 0 Å². The van der Waals surface area contributed by atoms with Crippen molar-refractivity contribution in [2.45, 2.75) is 33.9 Å². The molecule has 0 fully saturated rings. The molecule has 1 amide bonds. The highest BCUT2D eigenvalue weighted by Crippen LogP contribution is 2.21. The Morgan fingerprint density at radius 3 is 2.69 bits per heavy atom. The number of amides is 1. The second-order valence-corrected chi connectivity index (χ2v) is 6.63. The van der Waals surface area contributed by atoms with Crippen LogP contribution in [0.1, 0.15) is 35.5 Å². The molecule has 6 nitrogen and oxygen atoms in total. The van der Waals surface area contributed by atoms with E-state index in [0.29, 0.717) is 23.7 Å². The fraction of sp³-hybridized carbons (Fsp3) is 0.389. The second-order valence-electron chi connectivity index (χ2n) is 6.27. The molecule has 0 spiro atoms. The van der Waals surface area contributed by atoms with E-state index in [0.717, 1.165) is 0 Å². The summed E-state index contributed by atoms with van der Waals surface area (Å²) in [5, 5.41) is 6.91.